The number of carbonyl (C=O) groups excluding carboxylic acids is 1. The van der Waals surface area contributed by atoms with Gasteiger partial charge >= 0.3 is 0 Å². The highest BCUT2D eigenvalue weighted by molar-refractivity contribution is 5.79. The number of hydrogen-bond donors (Lipinski definition) is 1. The molecule has 1 N–H and O–H groups in total. The zero-order valence-electron chi connectivity index (χ0n) is 13.1. The van der Waals surface area contributed by atoms with Gasteiger partial charge in [-0.25, -0.2) is 4.98 Å². The first-order valence-corrected chi connectivity index (χ1v) is 7.65. The number of rotatable bonds is 5. The van der Waals surface area contributed by atoms with E-state index in [4.69, 9.17) is 4.74 Å². The Labute approximate surface area is 125 Å². The molecule has 21 heavy (non-hydrogen) atoms. The Morgan fingerprint density at radius 3 is 3.00 bits per heavy atom. The SMILES string of the molecule is CCNC(=O)[C@@H]1CCCN(c2nc(C)cc(OCC)n2)C1. The Morgan fingerprint density at radius 1 is 1.48 bits per heavy atom. The predicted octanol–water partition coefficient (Wildman–Crippen LogP) is 1.54. The summed E-state index contributed by atoms with van der Waals surface area (Å²) in [6, 6.07) is 1.83. The molecule has 1 aliphatic heterocycles. The van der Waals surface area contributed by atoms with Crippen LogP contribution in [0.25, 0.3) is 0 Å². The summed E-state index contributed by atoms with van der Waals surface area (Å²) in [5, 5.41) is 2.90. The van der Waals surface area contributed by atoms with Crippen LogP contribution in [0.4, 0.5) is 5.95 Å². The highest BCUT2D eigenvalue weighted by Gasteiger charge is 2.27. The maximum Gasteiger partial charge on any atom is 0.228 e. The maximum absolute atomic E-state index is 12.0. The van der Waals surface area contributed by atoms with Gasteiger partial charge in [0.15, 0.2) is 0 Å². The lowest BCUT2D eigenvalue weighted by molar-refractivity contribution is -0.125. The molecule has 2 heterocycles. The van der Waals surface area contributed by atoms with Crippen molar-refractivity contribution in [2.45, 2.75) is 33.6 Å². The van der Waals surface area contributed by atoms with Crippen LogP contribution in [0.2, 0.25) is 0 Å². The van der Waals surface area contributed by atoms with Gasteiger partial charge in [-0.1, -0.05) is 0 Å². The fourth-order valence-electron chi connectivity index (χ4n) is 2.58. The monoisotopic (exact) mass is 292 g/mol. The lowest BCUT2D eigenvalue weighted by Gasteiger charge is -2.32. The molecule has 0 aliphatic carbocycles. The highest BCUT2D eigenvalue weighted by Crippen LogP contribution is 2.22. The molecule has 0 radical (unpaired) electrons. The summed E-state index contributed by atoms with van der Waals surface area (Å²) in [4.78, 5) is 23.0. The molecule has 0 unspecified atom stereocenters. The van der Waals surface area contributed by atoms with Gasteiger partial charge in [0.05, 0.1) is 12.5 Å². The smallest absolute Gasteiger partial charge is 0.228 e. The van der Waals surface area contributed by atoms with E-state index in [0.717, 1.165) is 25.1 Å². The molecule has 0 bridgehead atoms. The van der Waals surface area contributed by atoms with Crippen molar-refractivity contribution in [2.24, 2.45) is 5.92 Å². The van der Waals surface area contributed by atoms with E-state index in [2.05, 4.69) is 20.2 Å². The van der Waals surface area contributed by atoms with Crippen molar-refractivity contribution < 1.29 is 9.53 Å². The summed E-state index contributed by atoms with van der Waals surface area (Å²) in [5.41, 5.74) is 0.878. The Bertz CT molecular complexity index is 493. The van der Waals surface area contributed by atoms with Crippen molar-refractivity contribution in [3.05, 3.63) is 11.8 Å². The third-order valence-corrected chi connectivity index (χ3v) is 3.54. The molecule has 116 valence electrons. The summed E-state index contributed by atoms with van der Waals surface area (Å²) in [6.07, 6.45) is 1.90. The van der Waals surface area contributed by atoms with Gasteiger partial charge in [-0.15, -0.1) is 0 Å². The second-order valence-electron chi connectivity index (χ2n) is 5.26. The van der Waals surface area contributed by atoms with Gasteiger partial charge in [-0.3, -0.25) is 4.79 Å². The van der Waals surface area contributed by atoms with Crippen molar-refractivity contribution in [2.75, 3.05) is 31.1 Å². The largest absolute Gasteiger partial charge is 0.478 e. The molecule has 1 aliphatic rings. The van der Waals surface area contributed by atoms with Gasteiger partial charge in [0.25, 0.3) is 0 Å². The fourth-order valence-corrected chi connectivity index (χ4v) is 2.58. The fraction of sp³-hybridized carbons (Fsp3) is 0.667. The molecule has 0 saturated carbocycles. The molecule has 1 saturated heterocycles. The number of amides is 1. The van der Waals surface area contributed by atoms with E-state index in [1.807, 2.05) is 26.8 Å². The quantitative estimate of drug-likeness (QED) is 0.891. The molecular weight excluding hydrogens is 268 g/mol. The number of aryl methyl sites for hydroxylation is 1. The summed E-state index contributed by atoms with van der Waals surface area (Å²) in [5.74, 6) is 1.39. The van der Waals surface area contributed by atoms with Crippen LogP contribution in [0.5, 0.6) is 5.88 Å². The van der Waals surface area contributed by atoms with Crippen LogP contribution < -0.4 is 15.0 Å². The molecule has 6 heteroatoms. The average molecular weight is 292 g/mol. The van der Waals surface area contributed by atoms with Gasteiger partial charge in [0.2, 0.25) is 17.7 Å². The second kappa shape index (κ2) is 7.24. The van der Waals surface area contributed by atoms with Gasteiger partial charge in [0.1, 0.15) is 0 Å². The zero-order chi connectivity index (χ0) is 15.2. The van der Waals surface area contributed by atoms with E-state index in [1.54, 1.807) is 0 Å². The van der Waals surface area contributed by atoms with Crippen molar-refractivity contribution in [1.82, 2.24) is 15.3 Å². The molecule has 2 rings (SSSR count). The maximum atomic E-state index is 12.0. The molecule has 1 aromatic heterocycles. The minimum atomic E-state index is 0.0124. The van der Waals surface area contributed by atoms with Crippen LogP contribution in [-0.2, 0) is 4.79 Å². The Kier molecular flexibility index (Phi) is 5.36. The van der Waals surface area contributed by atoms with Gasteiger partial charge in [-0.2, -0.15) is 4.98 Å². The normalized spacial score (nSPS) is 18.4. The van der Waals surface area contributed by atoms with Crippen LogP contribution in [0.1, 0.15) is 32.4 Å². The summed E-state index contributed by atoms with van der Waals surface area (Å²) in [6.45, 7) is 8.60. The number of ether oxygens (including phenoxy) is 1. The summed E-state index contributed by atoms with van der Waals surface area (Å²) >= 11 is 0. The van der Waals surface area contributed by atoms with E-state index < -0.39 is 0 Å². The van der Waals surface area contributed by atoms with Crippen LogP contribution in [0, 0.1) is 12.8 Å². The third kappa shape index (κ3) is 4.06. The standard InChI is InChI=1S/C15H24N4O2/c1-4-16-14(20)12-7-6-8-19(10-12)15-17-11(3)9-13(18-15)21-5-2/h9,12H,4-8,10H2,1-3H3,(H,16,20)/t12-/m1/s1. The van der Waals surface area contributed by atoms with Crippen LogP contribution in [0.15, 0.2) is 6.07 Å². The first kappa shape index (κ1) is 15.5. The molecular formula is C15H24N4O2. The minimum Gasteiger partial charge on any atom is -0.478 e. The number of carbonyl (C=O) groups is 1. The van der Waals surface area contributed by atoms with Crippen LogP contribution in [0.3, 0.4) is 0 Å². The third-order valence-electron chi connectivity index (χ3n) is 3.54. The molecule has 1 fully saturated rings. The molecule has 6 nitrogen and oxygen atoms in total. The van der Waals surface area contributed by atoms with Crippen LogP contribution >= 0.6 is 0 Å². The summed E-state index contributed by atoms with van der Waals surface area (Å²) < 4.78 is 5.47. The van der Waals surface area contributed by atoms with E-state index in [9.17, 15) is 4.79 Å². The molecule has 1 aromatic rings. The second-order valence-corrected chi connectivity index (χ2v) is 5.26. The van der Waals surface area contributed by atoms with Crippen molar-refractivity contribution in [3.8, 4) is 5.88 Å². The molecule has 1 atom stereocenters. The van der Waals surface area contributed by atoms with Crippen molar-refractivity contribution in [3.63, 3.8) is 0 Å². The lowest BCUT2D eigenvalue weighted by atomic mass is 9.97. The van der Waals surface area contributed by atoms with Crippen LogP contribution in [-0.4, -0.2) is 42.1 Å². The number of nitrogens with one attached hydrogen (secondary N) is 1. The number of anilines is 1. The lowest BCUT2D eigenvalue weighted by Crippen LogP contribution is -2.43. The topological polar surface area (TPSA) is 67.4 Å². The van der Waals surface area contributed by atoms with E-state index >= 15 is 0 Å². The number of hydrogen-bond acceptors (Lipinski definition) is 5. The zero-order valence-corrected chi connectivity index (χ0v) is 13.1. The number of aromatic nitrogens is 2. The van der Waals surface area contributed by atoms with E-state index in [1.165, 1.54) is 0 Å². The average Bonchev–Trinajstić information content (AvgIpc) is 2.47. The predicted molar refractivity (Wildman–Crippen MR) is 81.6 cm³/mol. The number of nitrogens with zero attached hydrogens (tertiary/aromatic N) is 3. The van der Waals surface area contributed by atoms with E-state index in [-0.39, 0.29) is 11.8 Å². The van der Waals surface area contributed by atoms with Crippen molar-refractivity contribution >= 4 is 11.9 Å². The highest BCUT2D eigenvalue weighted by atomic mass is 16.5. The Hall–Kier alpha value is -1.85. The molecule has 1 amide bonds. The van der Waals surface area contributed by atoms with Crippen molar-refractivity contribution in [1.29, 1.82) is 0 Å². The first-order valence-electron chi connectivity index (χ1n) is 7.65. The summed E-state index contributed by atoms with van der Waals surface area (Å²) in [7, 11) is 0. The van der Waals surface area contributed by atoms with Gasteiger partial charge in [-0.05, 0) is 33.6 Å². The van der Waals surface area contributed by atoms with E-state index in [0.29, 0.717) is 31.5 Å². The molecule has 0 aromatic carbocycles. The number of piperidine rings is 1. The Morgan fingerprint density at radius 2 is 2.29 bits per heavy atom. The van der Waals surface area contributed by atoms with Gasteiger partial charge in [0, 0.05) is 31.4 Å². The Balaban J connectivity index is 2.11. The molecule has 0 spiro atoms. The minimum absolute atomic E-state index is 0.0124. The van der Waals surface area contributed by atoms with Gasteiger partial charge < -0.3 is 15.0 Å². The first-order chi connectivity index (χ1) is 10.1.